The molecule has 0 fully saturated rings. The Morgan fingerprint density at radius 2 is 2.05 bits per heavy atom. The van der Waals surface area contributed by atoms with Gasteiger partial charge in [-0.3, -0.25) is 19.3 Å². The topological polar surface area (TPSA) is 60.1 Å². The molecule has 0 saturated carbocycles. The zero-order valence-corrected chi connectivity index (χ0v) is 11.9. The lowest BCUT2D eigenvalue weighted by Gasteiger charge is -2.17. The number of aliphatic imine (C=N–C) groups is 1. The highest BCUT2D eigenvalue weighted by Gasteiger charge is 2.18. The third-order valence-electron chi connectivity index (χ3n) is 3.97. The van der Waals surface area contributed by atoms with Crippen LogP contribution >= 0.6 is 0 Å². The summed E-state index contributed by atoms with van der Waals surface area (Å²) < 4.78 is 1.73. The van der Waals surface area contributed by atoms with Crippen LogP contribution in [0.1, 0.15) is 16.7 Å². The molecule has 1 aliphatic heterocycles. The Bertz CT molecular complexity index is 929. The molecule has 0 bridgehead atoms. The van der Waals surface area contributed by atoms with Crippen molar-refractivity contribution in [2.45, 2.75) is 19.5 Å². The van der Waals surface area contributed by atoms with Gasteiger partial charge in [0.2, 0.25) is 0 Å². The van der Waals surface area contributed by atoms with Crippen molar-refractivity contribution in [3.8, 4) is 0 Å². The molecule has 0 radical (unpaired) electrons. The first kappa shape index (κ1) is 12.9. The van der Waals surface area contributed by atoms with E-state index < -0.39 is 0 Å². The van der Waals surface area contributed by atoms with Crippen LogP contribution in [-0.4, -0.2) is 20.7 Å². The number of rotatable bonds is 2. The van der Waals surface area contributed by atoms with Crippen molar-refractivity contribution in [1.82, 2.24) is 14.5 Å². The van der Waals surface area contributed by atoms with E-state index in [1.165, 1.54) is 0 Å². The van der Waals surface area contributed by atoms with Crippen LogP contribution in [-0.2, 0) is 19.5 Å². The molecule has 0 amide bonds. The summed E-state index contributed by atoms with van der Waals surface area (Å²) in [6, 6.07) is 7.78. The van der Waals surface area contributed by atoms with Gasteiger partial charge in [0.1, 0.15) is 5.65 Å². The predicted molar refractivity (Wildman–Crippen MR) is 85.2 cm³/mol. The second-order valence-electron chi connectivity index (χ2n) is 5.31. The van der Waals surface area contributed by atoms with E-state index in [1.54, 1.807) is 23.2 Å². The quantitative estimate of drug-likeness (QED) is 0.725. The largest absolute Gasteiger partial charge is 0.292 e. The Labute approximate surface area is 127 Å². The second kappa shape index (κ2) is 5.18. The molecule has 5 nitrogen and oxygen atoms in total. The summed E-state index contributed by atoms with van der Waals surface area (Å²) in [7, 11) is 0. The van der Waals surface area contributed by atoms with Gasteiger partial charge in [0.05, 0.1) is 13.1 Å². The van der Waals surface area contributed by atoms with E-state index in [0.717, 1.165) is 27.7 Å². The van der Waals surface area contributed by atoms with Crippen LogP contribution in [0.2, 0.25) is 0 Å². The zero-order chi connectivity index (χ0) is 14.9. The van der Waals surface area contributed by atoms with E-state index in [1.807, 2.05) is 30.5 Å². The minimum Gasteiger partial charge on any atom is -0.292 e. The van der Waals surface area contributed by atoms with Crippen molar-refractivity contribution >= 4 is 17.2 Å². The summed E-state index contributed by atoms with van der Waals surface area (Å²) in [5, 5.41) is 1.03. The van der Waals surface area contributed by atoms with Crippen LogP contribution in [0, 0.1) is 0 Å². The van der Waals surface area contributed by atoms with Crippen LogP contribution < -0.4 is 5.56 Å². The molecule has 3 aromatic heterocycles. The first-order chi connectivity index (χ1) is 10.8. The van der Waals surface area contributed by atoms with Crippen molar-refractivity contribution in [3.05, 3.63) is 69.9 Å². The predicted octanol–water partition coefficient (Wildman–Crippen LogP) is 1.97. The Balaban J connectivity index is 1.99. The second-order valence-corrected chi connectivity index (χ2v) is 5.31. The summed E-state index contributed by atoms with van der Waals surface area (Å²) in [6.07, 6.45) is 7.80. The van der Waals surface area contributed by atoms with Crippen LogP contribution in [0.4, 0.5) is 0 Å². The first-order valence-corrected chi connectivity index (χ1v) is 7.21. The van der Waals surface area contributed by atoms with Gasteiger partial charge in [-0.15, -0.1) is 0 Å². The minimum absolute atomic E-state index is 0.00176. The number of hydrogen-bond donors (Lipinski definition) is 0. The maximum Gasteiger partial charge on any atom is 0.257 e. The van der Waals surface area contributed by atoms with Gasteiger partial charge >= 0.3 is 0 Å². The highest BCUT2D eigenvalue weighted by atomic mass is 16.1. The molecule has 0 aliphatic carbocycles. The van der Waals surface area contributed by atoms with Crippen molar-refractivity contribution < 1.29 is 0 Å². The van der Waals surface area contributed by atoms with Crippen LogP contribution in [0.25, 0.3) is 11.0 Å². The third kappa shape index (κ3) is 2.02. The molecule has 3 aromatic rings. The first-order valence-electron chi connectivity index (χ1n) is 7.21. The third-order valence-corrected chi connectivity index (χ3v) is 3.97. The fourth-order valence-electron chi connectivity index (χ4n) is 2.93. The molecular formula is C17H14N4O. The SMILES string of the molecule is O=c1c2c(c3cccnc3n1Cc1cccnc1)CC=NC2. The molecule has 0 saturated heterocycles. The normalized spacial score (nSPS) is 13.3. The molecule has 108 valence electrons. The van der Waals surface area contributed by atoms with Gasteiger partial charge in [-0.25, -0.2) is 4.98 Å². The number of pyridine rings is 3. The standard InChI is InChI=1S/C17H14N4O/c22-17-15-10-19-8-5-13(15)14-4-2-7-20-16(14)21(17)11-12-3-1-6-18-9-12/h1-4,6-9H,5,10-11H2. The smallest absolute Gasteiger partial charge is 0.257 e. The Morgan fingerprint density at radius 3 is 2.91 bits per heavy atom. The zero-order valence-electron chi connectivity index (χ0n) is 11.9. The van der Waals surface area contributed by atoms with Crippen molar-refractivity contribution in [2.75, 3.05) is 0 Å². The van der Waals surface area contributed by atoms with Gasteiger partial charge < -0.3 is 0 Å². The Hall–Kier alpha value is -2.82. The highest BCUT2D eigenvalue weighted by molar-refractivity contribution is 5.84. The van der Waals surface area contributed by atoms with E-state index in [2.05, 4.69) is 15.0 Å². The van der Waals surface area contributed by atoms with Crippen molar-refractivity contribution in [3.63, 3.8) is 0 Å². The van der Waals surface area contributed by atoms with Crippen LogP contribution in [0.15, 0.2) is 52.6 Å². The average molecular weight is 290 g/mol. The summed E-state index contributed by atoms with van der Waals surface area (Å²) in [5.74, 6) is 0. The van der Waals surface area contributed by atoms with Crippen molar-refractivity contribution in [2.24, 2.45) is 4.99 Å². The molecule has 0 spiro atoms. The summed E-state index contributed by atoms with van der Waals surface area (Å²) in [6.45, 7) is 0.920. The highest BCUT2D eigenvalue weighted by Crippen LogP contribution is 2.21. The van der Waals surface area contributed by atoms with E-state index in [9.17, 15) is 4.79 Å². The molecular weight excluding hydrogens is 276 g/mol. The molecule has 0 N–H and O–H groups in total. The average Bonchev–Trinajstić information content (AvgIpc) is 2.59. The van der Waals surface area contributed by atoms with E-state index in [4.69, 9.17) is 0 Å². The molecule has 0 aromatic carbocycles. The number of hydrogen-bond acceptors (Lipinski definition) is 4. The molecule has 0 atom stereocenters. The molecule has 0 unspecified atom stereocenters. The number of fused-ring (bicyclic) bond motifs is 3. The Morgan fingerprint density at radius 1 is 1.14 bits per heavy atom. The fourth-order valence-corrected chi connectivity index (χ4v) is 2.93. The monoisotopic (exact) mass is 290 g/mol. The molecule has 4 rings (SSSR count). The minimum atomic E-state index is 0.00176. The maximum atomic E-state index is 12.9. The van der Waals surface area contributed by atoms with Crippen molar-refractivity contribution in [1.29, 1.82) is 0 Å². The van der Waals surface area contributed by atoms with Gasteiger partial charge in [0.25, 0.3) is 5.56 Å². The maximum absolute atomic E-state index is 12.9. The lowest BCUT2D eigenvalue weighted by Crippen LogP contribution is -2.28. The number of aromatic nitrogens is 3. The van der Waals surface area contributed by atoms with Gasteiger partial charge in [0, 0.05) is 42.2 Å². The molecule has 1 aliphatic rings. The van der Waals surface area contributed by atoms with Gasteiger partial charge in [-0.2, -0.15) is 0 Å². The summed E-state index contributed by atoms with van der Waals surface area (Å²) >= 11 is 0. The van der Waals surface area contributed by atoms with E-state index in [0.29, 0.717) is 19.5 Å². The summed E-state index contributed by atoms with van der Waals surface area (Å²) in [4.78, 5) is 25.7. The fraction of sp³-hybridized carbons (Fsp3) is 0.176. The van der Waals surface area contributed by atoms with Gasteiger partial charge in [-0.1, -0.05) is 6.07 Å². The molecule has 5 heteroatoms. The Kier molecular flexibility index (Phi) is 3.04. The summed E-state index contributed by atoms with van der Waals surface area (Å²) in [5.41, 5.74) is 3.56. The van der Waals surface area contributed by atoms with E-state index >= 15 is 0 Å². The van der Waals surface area contributed by atoms with Gasteiger partial charge in [-0.05, 0) is 29.3 Å². The lowest BCUT2D eigenvalue weighted by molar-refractivity contribution is 0.758. The van der Waals surface area contributed by atoms with Crippen LogP contribution in [0.5, 0.6) is 0 Å². The van der Waals surface area contributed by atoms with E-state index in [-0.39, 0.29) is 5.56 Å². The van der Waals surface area contributed by atoms with Crippen LogP contribution in [0.3, 0.4) is 0 Å². The molecule has 4 heterocycles. The number of nitrogens with zero attached hydrogens (tertiary/aromatic N) is 4. The lowest BCUT2D eigenvalue weighted by atomic mass is 10.0. The molecule has 22 heavy (non-hydrogen) atoms. The van der Waals surface area contributed by atoms with Gasteiger partial charge in [0.15, 0.2) is 0 Å².